The molecule has 0 saturated heterocycles. The van der Waals surface area contributed by atoms with E-state index in [1.165, 1.54) is 25.7 Å². The Hall–Kier alpha value is -1.84. The molecule has 0 atom stereocenters. The molecule has 18 heavy (non-hydrogen) atoms. The van der Waals surface area contributed by atoms with Gasteiger partial charge in [-0.1, -0.05) is 12.8 Å². The molecule has 2 aromatic rings. The van der Waals surface area contributed by atoms with Crippen molar-refractivity contribution in [3.05, 3.63) is 42.0 Å². The quantitative estimate of drug-likeness (QED) is 0.900. The van der Waals surface area contributed by atoms with E-state index in [9.17, 15) is 0 Å². The van der Waals surface area contributed by atoms with Gasteiger partial charge in [0.05, 0.1) is 11.7 Å². The molecule has 0 aliphatic heterocycles. The third kappa shape index (κ3) is 2.23. The lowest BCUT2D eigenvalue weighted by Gasteiger charge is -2.09. The third-order valence-electron chi connectivity index (χ3n) is 3.68. The first-order valence-corrected chi connectivity index (χ1v) is 6.55. The number of pyridine rings is 1. The number of hydrogen-bond donors (Lipinski definition) is 1. The maximum Gasteiger partial charge on any atom is 0.0669 e. The maximum absolute atomic E-state index is 5.92. The zero-order valence-corrected chi connectivity index (χ0v) is 10.4. The average Bonchev–Trinajstić information content (AvgIpc) is 3.02. The number of aromatic nitrogens is 3. The Labute approximate surface area is 107 Å². The zero-order valence-electron chi connectivity index (χ0n) is 10.4. The molecule has 1 saturated carbocycles. The Morgan fingerprint density at radius 1 is 1.28 bits per heavy atom. The molecule has 0 spiro atoms. The van der Waals surface area contributed by atoms with Crippen LogP contribution in [-0.2, 0) is 6.42 Å². The predicted molar refractivity (Wildman–Crippen MR) is 71.2 cm³/mol. The molecular weight excluding hydrogens is 224 g/mol. The van der Waals surface area contributed by atoms with Crippen molar-refractivity contribution < 1.29 is 0 Å². The Kier molecular flexibility index (Phi) is 3.00. The van der Waals surface area contributed by atoms with E-state index in [1.807, 2.05) is 12.3 Å². The van der Waals surface area contributed by atoms with Gasteiger partial charge in [-0.25, -0.2) is 0 Å². The average molecular weight is 242 g/mol. The highest BCUT2D eigenvalue weighted by molar-refractivity contribution is 5.45. The summed E-state index contributed by atoms with van der Waals surface area (Å²) in [6.45, 7) is 0. The lowest BCUT2D eigenvalue weighted by atomic mass is 10.1. The van der Waals surface area contributed by atoms with Gasteiger partial charge in [0.15, 0.2) is 0 Å². The highest BCUT2D eigenvalue weighted by Gasteiger charge is 2.17. The van der Waals surface area contributed by atoms with E-state index in [2.05, 4.69) is 27.0 Å². The Morgan fingerprint density at radius 2 is 2.11 bits per heavy atom. The molecule has 94 valence electrons. The first kappa shape index (κ1) is 11.3. The van der Waals surface area contributed by atoms with Gasteiger partial charge in [0, 0.05) is 30.7 Å². The summed E-state index contributed by atoms with van der Waals surface area (Å²) in [6, 6.07) is 4.53. The molecule has 2 heterocycles. The molecule has 2 N–H and O–H groups in total. The van der Waals surface area contributed by atoms with Crippen LogP contribution in [0, 0.1) is 0 Å². The fraction of sp³-hybridized carbons (Fsp3) is 0.429. The minimum atomic E-state index is 0.602. The van der Waals surface area contributed by atoms with E-state index >= 15 is 0 Å². The van der Waals surface area contributed by atoms with Crippen LogP contribution in [0.4, 0.5) is 5.69 Å². The maximum atomic E-state index is 5.92. The first-order valence-electron chi connectivity index (χ1n) is 6.55. The van der Waals surface area contributed by atoms with Crippen LogP contribution in [0.15, 0.2) is 30.7 Å². The van der Waals surface area contributed by atoms with Crippen molar-refractivity contribution in [1.82, 2.24) is 14.8 Å². The van der Waals surface area contributed by atoms with Gasteiger partial charge < -0.3 is 5.73 Å². The van der Waals surface area contributed by atoms with E-state index < -0.39 is 0 Å². The second kappa shape index (κ2) is 4.80. The van der Waals surface area contributed by atoms with Gasteiger partial charge in [0.2, 0.25) is 0 Å². The fourth-order valence-corrected chi connectivity index (χ4v) is 2.62. The number of nitrogen functional groups attached to an aromatic ring is 1. The van der Waals surface area contributed by atoms with Gasteiger partial charge in [-0.05, 0) is 30.5 Å². The van der Waals surface area contributed by atoms with E-state index in [1.54, 1.807) is 6.20 Å². The Balaban J connectivity index is 1.75. The number of nitrogens with two attached hydrogens (primary N) is 1. The van der Waals surface area contributed by atoms with Crippen molar-refractivity contribution in [3.63, 3.8) is 0 Å². The van der Waals surface area contributed by atoms with Crippen LogP contribution in [0.5, 0.6) is 0 Å². The summed E-state index contributed by atoms with van der Waals surface area (Å²) in [5, 5.41) is 4.66. The highest BCUT2D eigenvalue weighted by atomic mass is 15.3. The number of hydrogen-bond acceptors (Lipinski definition) is 3. The normalized spacial score (nSPS) is 16.2. The summed E-state index contributed by atoms with van der Waals surface area (Å²) in [5.74, 6) is 0. The van der Waals surface area contributed by atoms with Gasteiger partial charge in [-0.15, -0.1) is 0 Å². The fourth-order valence-electron chi connectivity index (χ4n) is 2.62. The molecule has 1 aliphatic carbocycles. The SMILES string of the molecule is Nc1ccncc1Cc1ccn(C2CCCC2)n1. The minimum absolute atomic E-state index is 0.602. The summed E-state index contributed by atoms with van der Waals surface area (Å²) < 4.78 is 2.12. The smallest absolute Gasteiger partial charge is 0.0669 e. The van der Waals surface area contributed by atoms with Crippen LogP contribution >= 0.6 is 0 Å². The summed E-state index contributed by atoms with van der Waals surface area (Å²) in [7, 11) is 0. The lowest BCUT2D eigenvalue weighted by molar-refractivity contribution is 0.463. The molecule has 0 radical (unpaired) electrons. The standard InChI is InChI=1S/C14H18N4/c15-14-5-7-16-10-11(14)9-12-6-8-18(17-12)13-3-1-2-4-13/h5-8,10,13H,1-4,9H2,(H2,15,16). The Bertz CT molecular complexity index is 526. The van der Waals surface area contributed by atoms with Crippen molar-refractivity contribution in [3.8, 4) is 0 Å². The van der Waals surface area contributed by atoms with Crippen molar-refractivity contribution in [1.29, 1.82) is 0 Å². The molecule has 0 amide bonds. The topological polar surface area (TPSA) is 56.7 Å². The van der Waals surface area contributed by atoms with Crippen molar-refractivity contribution in [2.45, 2.75) is 38.1 Å². The summed E-state index contributed by atoms with van der Waals surface area (Å²) >= 11 is 0. The van der Waals surface area contributed by atoms with E-state index in [0.717, 1.165) is 23.4 Å². The Morgan fingerprint density at radius 3 is 2.89 bits per heavy atom. The molecular formula is C14H18N4. The number of anilines is 1. The van der Waals surface area contributed by atoms with Gasteiger partial charge >= 0.3 is 0 Å². The van der Waals surface area contributed by atoms with Gasteiger partial charge in [0.1, 0.15) is 0 Å². The second-order valence-electron chi connectivity index (χ2n) is 4.98. The van der Waals surface area contributed by atoms with Gasteiger partial charge in [-0.3, -0.25) is 9.67 Å². The van der Waals surface area contributed by atoms with Crippen LogP contribution in [-0.4, -0.2) is 14.8 Å². The number of nitrogens with zero attached hydrogens (tertiary/aromatic N) is 3. The molecule has 0 bridgehead atoms. The minimum Gasteiger partial charge on any atom is -0.398 e. The van der Waals surface area contributed by atoms with E-state index in [-0.39, 0.29) is 0 Å². The molecule has 1 aliphatic rings. The molecule has 4 heteroatoms. The molecule has 0 aromatic carbocycles. The monoisotopic (exact) mass is 242 g/mol. The highest BCUT2D eigenvalue weighted by Crippen LogP contribution is 2.28. The molecule has 1 fully saturated rings. The van der Waals surface area contributed by atoms with Crippen LogP contribution < -0.4 is 5.73 Å². The predicted octanol–water partition coefficient (Wildman–Crippen LogP) is 2.57. The first-order chi connectivity index (χ1) is 8.83. The van der Waals surface area contributed by atoms with E-state index in [0.29, 0.717) is 6.04 Å². The second-order valence-corrected chi connectivity index (χ2v) is 4.98. The summed E-state index contributed by atoms with van der Waals surface area (Å²) in [5.41, 5.74) is 8.84. The summed E-state index contributed by atoms with van der Waals surface area (Å²) in [4.78, 5) is 4.11. The zero-order chi connectivity index (χ0) is 12.4. The molecule has 4 nitrogen and oxygen atoms in total. The van der Waals surface area contributed by atoms with Crippen molar-refractivity contribution >= 4 is 5.69 Å². The van der Waals surface area contributed by atoms with Crippen LogP contribution in [0.2, 0.25) is 0 Å². The van der Waals surface area contributed by atoms with Crippen LogP contribution in [0.1, 0.15) is 43.0 Å². The van der Waals surface area contributed by atoms with Gasteiger partial charge in [0.25, 0.3) is 0 Å². The molecule has 3 rings (SSSR count). The largest absolute Gasteiger partial charge is 0.398 e. The number of rotatable bonds is 3. The van der Waals surface area contributed by atoms with Crippen molar-refractivity contribution in [2.75, 3.05) is 5.73 Å². The van der Waals surface area contributed by atoms with Gasteiger partial charge in [-0.2, -0.15) is 5.10 Å². The lowest BCUT2D eigenvalue weighted by Crippen LogP contribution is -2.06. The molecule has 2 aromatic heterocycles. The molecule has 0 unspecified atom stereocenters. The van der Waals surface area contributed by atoms with Crippen LogP contribution in [0.25, 0.3) is 0 Å². The summed E-state index contributed by atoms with van der Waals surface area (Å²) in [6.07, 6.45) is 11.6. The van der Waals surface area contributed by atoms with Crippen LogP contribution in [0.3, 0.4) is 0 Å². The van der Waals surface area contributed by atoms with E-state index in [4.69, 9.17) is 5.73 Å². The van der Waals surface area contributed by atoms with Crippen molar-refractivity contribution in [2.24, 2.45) is 0 Å². The third-order valence-corrected chi connectivity index (χ3v) is 3.68.